The second-order valence-corrected chi connectivity index (χ2v) is 2.97. The predicted octanol–water partition coefficient (Wildman–Crippen LogP) is 0.595. The summed E-state index contributed by atoms with van der Waals surface area (Å²) in [6, 6.07) is 0. The molecule has 0 radical (unpaired) electrons. The first kappa shape index (κ1) is 7.66. The van der Waals surface area contributed by atoms with Gasteiger partial charge in [0, 0.05) is 10.5 Å². The van der Waals surface area contributed by atoms with Crippen molar-refractivity contribution in [3.05, 3.63) is 0 Å². The molecule has 0 heterocycles. The second kappa shape index (κ2) is 3.64. The van der Waals surface area contributed by atoms with E-state index in [4.69, 9.17) is 5.11 Å². The molecule has 0 aromatic rings. The third-order valence-electron chi connectivity index (χ3n) is 0.744. The molecule has 0 saturated carbocycles. The molecule has 7 heavy (non-hydrogen) atoms. The zero-order valence-electron chi connectivity index (χ0n) is 4.20. The van der Waals surface area contributed by atoms with E-state index in [1.165, 1.54) is 0 Å². The largest absolute Gasteiger partial charge is 0.395 e. The number of rotatable bonds is 2. The van der Waals surface area contributed by atoms with Crippen LogP contribution in [0.4, 0.5) is 0 Å². The van der Waals surface area contributed by atoms with Gasteiger partial charge in [0.25, 0.3) is 0 Å². The molecule has 1 nitrogen and oxygen atoms in total. The summed E-state index contributed by atoms with van der Waals surface area (Å²) in [5.41, 5.74) is 0. The fourth-order valence-electron chi connectivity index (χ4n) is 0.153. The molecule has 2 atom stereocenters. The molecule has 0 aliphatic rings. The Morgan fingerprint density at radius 2 is 2.00 bits per heavy atom. The maximum atomic E-state index is 8.38. The molecule has 0 aliphatic carbocycles. The van der Waals surface area contributed by atoms with E-state index >= 15 is 0 Å². The van der Waals surface area contributed by atoms with Crippen LogP contribution in [-0.2, 0) is 0 Å². The van der Waals surface area contributed by atoms with Crippen LogP contribution in [0.15, 0.2) is 0 Å². The van der Waals surface area contributed by atoms with Crippen molar-refractivity contribution in [1.29, 1.82) is 0 Å². The molecule has 0 aromatic carbocycles. The summed E-state index contributed by atoms with van der Waals surface area (Å²) in [5, 5.41) is 8.57. The standard InChI is InChI=1S/C4H10OS2/c1-3(6)4(7)2-5/h3-7H,2H2,1H3/t3-,4-/m1/s1. The van der Waals surface area contributed by atoms with E-state index in [-0.39, 0.29) is 17.1 Å². The minimum atomic E-state index is 0.0170. The molecule has 3 heteroatoms. The van der Waals surface area contributed by atoms with Crippen LogP contribution in [0.5, 0.6) is 0 Å². The van der Waals surface area contributed by atoms with Crippen molar-refractivity contribution in [2.75, 3.05) is 6.61 Å². The normalized spacial score (nSPS) is 18.9. The lowest BCUT2D eigenvalue weighted by atomic mass is 10.3. The van der Waals surface area contributed by atoms with Gasteiger partial charge in [-0.05, 0) is 0 Å². The van der Waals surface area contributed by atoms with Gasteiger partial charge < -0.3 is 5.11 Å². The van der Waals surface area contributed by atoms with Crippen molar-refractivity contribution >= 4 is 25.3 Å². The van der Waals surface area contributed by atoms with Crippen LogP contribution in [0, 0.1) is 0 Å². The Bertz CT molecular complexity index is 47.0. The quantitative estimate of drug-likeness (QED) is 0.477. The predicted molar refractivity (Wildman–Crippen MR) is 38.3 cm³/mol. The first-order chi connectivity index (χ1) is 3.18. The maximum absolute atomic E-state index is 8.38. The molecule has 0 amide bonds. The first-order valence-electron chi connectivity index (χ1n) is 2.15. The molecular formula is C4H10OS2. The van der Waals surface area contributed by atoms with Crippen molar-refractivity contribution in [2.45, 2.75) is 17.4 Å². The highest BCUT2D eigenvalue weighted by Gasteiger charge is 2.04. The summed E-state index contributed by atoms with van der Waals surface area (Å²) >= 11 is 8.04. The highest BCUT2D eigenvalue weighted by atomic mass is 32.1. The van der Waals surface area contributed by atoms with E-state index in [2.05, 4.69) is 25.3 Å². The highest BCUT2D eigenvalue weighted by molar-refractivity contribution is 7.85. The molecule has 0 aromatic heterocycles. The number of aliphatic hydroxyl groups excluding tert-OH is 1. The monoisotopic (exact) mass is 138 g/mol. The van der Waals surface area contributed by atoms with Crippen molar-refractivity contribution in [1.82, 2.24) is 0 Å². The van der Waals surface area contributed by atoms with Crippen molar-refractivity contribution in [3.8, 4) is 0 Å². The Balaban J connectivity index is 3.14. The average Bonchev–Trinajstić information content (AvgIpc) is 1.65. The number of hydrogen-bond acceptors (Lipinski definition) is 3. The lowest BCUT2D eigenvalue weighted by Crippen LogP contribution is -2.15. The molecule has 0 saturated heterocycles. The Kier molecular flexibility index (Phi) is 3.98. The lowest BCUT2D eigenvalue weighted by molar-refractivity contribution is 0.295. The van der Waals surface area contributed by atoms with Crippen LogP contribution in [0.3, 0.4) is 0 Å². The van der Waals surface area contributed by atoms with Crippen molar-refractivity contribution in [2.24, 2.45) is 0 Å². The van der Waals surface area contributed by atoms with Crippen LogP contribution < -0.4 is 0 Å². The lowest BCUT2D eigenvalue weighted by Gasteiger charge is -2.07. The molecule has 0 fully saturated rings. The minimum absolute atomic E-state index is 0.0170. The van der Waals surface area contributed by atoms with Gasteiger partial charge in [0.05, 0.1) is 6.61 Å². The smallest absolute Gasteiger partial charge is 0.0558 e. The van der Waals surface area contributed by atoms with Gasteiger partial charge in [0.1, 0.15) is 0 Å². The van der Waals surface area contributed by atoms with Crippen molar-refractivity contribution in [3.63, 3.8) is 0 Å². The van der Waals surface area contributed by atoms with Crippen LogP contribution >= 0.6 is 25.3 Å². The summed E-state index contributed by atoms with van der Waals surface area (Å²) in [6.45, 7) is 2.00. The molecule has 0 unspecified atom stereocenters. The Morgan fingerprint density at radius 3 is 2.00 bits per heavy atom. The van der Waals surface area contributed by atoms with E-state index in [1.807, 2.05) is 6.92 Å². The highest BCUT2D eigenvalue weighted by Crippen LogP contribution is 2.05. The zero-order valence-corrected chi connectivity index (χ0v) is 5.99. The molecule has 0 bridgehead atoms. The van der Waals surface area contributed by atoms with Gasteiger partial charge in [0.15, 0.2) is 0 Å². The molecule has 1 N–H and O–H groups in total. The van der Waals surface area contributed by atoms with Crippen LogP contribution in [-0.4, -0.2) is 22.2 Å². The number of thiol groups is 2. The van der Waals surface area contributed by atoms with Gasteiger partial charge >= 0.3 is 0 Å². The van der Waals surface area contributed by atoms with E-state index in [0.29, 0.717) is 0 Å². The van der Waals surface area contributed by atoms with E-state index < -0.39 is 0 Å². The third kappa shape index (κ3) is 3.26. The van der Waals surface area contributed by atoms with Gasteiger partial charge in [-0.15, -0.1) is 0 Å². The Labute approximate surface area is 54.9 Å². The summed E-state index contributed by atoms with van der Waals surface area (Å²) in [4.78, 5) is 0. The maximum Gasteiger partial charge on any atom is 0.0558 e. The zero-order chi connectivity index (χ0) is 5.86. The minimum Gasteiger partial charge on any atom is -0.395 e. The summed E-state index contributed by atoms with van der Waals surface area (Å²) in [7, 11) is 0. The van der Waals surface area contributed by atoms with E-state index in [9.17, 15) is 0 Å². The fourth-order valence-corrected chi connectivity index (χ4v) is 0.247. The third-order valence-corrected chi connectivity index (χ3v) is 1.95. The van der Waals surface area contributed by atoms with E-state index in [0.717, 1.165) is 0 Å². The van der Waals surface area contributed by atoms with Crippen LogP contribution in [0.2, 0.25) is 0 Å². The first-order valence-corrected chi connectivity index (χ1v) is 3.18. The SMILES string of the molecule is C[C@@H](S)[C@H](S)CO. The van der Waals surface area contributed by atoms with E-state index in [1.54, 1.807) is 0 Å². The molecule has 0 spiro atoms. The molecular weight excluding hydrogens is 128 g/mol. The Hall–Kier alpha value is 0.660. The summed E-state index contributed by atoms with van der Waals surface area (Å²) in [6.07, 6.45) is 0. The Morgan fingerprint density at radius 1 is 1.57 bits per heavy atom. The van der Waals surface area contributed by atoms with Gasteiger partial charge in [-0.2, -0.15) is 25.3 Å². The van der Waals surface area contributed by atoms with Crippen LogP contribution in [0.1, 0.15) is 6.92 Å². The van der Waals surface area contributed by atoms with Crippen molar-refractivity contribution < 1.29 is 5.11 Å². The van der Waals surface area contributed by atoms with Gasteiger partial charge in [-0.25, -0.2) is 0 Å². The van der Waals surface area contributed by atoms with Gasteiger partial charge in [-0.3, -0.25) is 0 Å². The fraction of sp³-hybridized carbons (Fsp3) is 1.00. The number of hydrogen-bond donors (Lipinski definition) is 3. The molecule has 0 aliphatic heterocycles. The van der Waals surface area contributed by atoms with Gasteiger partial charge in [0.2, 0.25) is 0 Å². The topological polar surface area (TPSA) is 20.2 Å². The molecule has 44 valence electrons. The molecule has 0 rings (SSSR count). The second-order valence-electron chi connectivity index (χ2n) is 1.49. The number of aliphatic hydroxyl groups is 1. The van der Waals surface area contributed by atoms with Gasteiger partial charge in [-0.1, -0.05) is 6.92 Å². The summed E-state index contributed by atoms with van der Waals surface area (Å²) in [5.74, 6) is 0. The summed E-state index contributed by atoms with van der Waals surface area (Å²) < 4.78 is 0. The van der Waals surface area contributed by atoms with Crippen LogP contribution in [0.25, 0.3) is 0 Å². The average molecular weight is 138 g/mol.